The second-order valence-corrected chi connectivity index (χ2v) is 15.4. The van der Waals surface area contributed by atoms with Crippen molar-refractivity contribution in [3.63, 3.8) is 0 Å². The molecule has 0 radical (unpaired) electrons. The molecule has 292 valence electrons. The van der Waals surface area contributed by atoms with Crippen LogP contribution in [0.2, 0.25) is 5.02 Å². The lowest BCUT2D eigenvalue weighted by Gasteiger charge is -2.14. The Morgan fingerprint density at radius 1 is 0.945 bits per heavy atom. The van der Waals surface area contributed by atoms with Crippen LogP contribution in [0.1, 0.15) is 51.9 Å². The number of ether oxygens (including phenoxy) is 3. The molecule has 0 saturated heterocycles. The van der Waals surface area contributed by atoms with E-state index in [0.717, 1.165) is 43.6 Å². The lowest BCUT2D eigenvalue weighted by atomic mass is 10.1. The molecule has 0 spiro atoms. The summed E-state index contributed by atoms with van der Waals surface area (Å²) in [6, 6.07) is 20.4. The minimum absolute atomic E-state index is 0.0810. The summed E-state index contributed by atoms with van der Waals surface area (Å²) in [4.78, 5) is 29.4. The molecule has 0 bridgehead atoms. The van der Waals surface area contributed by atoms with Gasteiger partial charge in [-0.25, -0.2) is 19.0 Å². The van der Waals surface area contributed by atoms with E-state index in [1.54, 1.807) is 49.0 Å². The number of carboxylic acids is 1. The zero-order valence-electron chi connectivity index (χ0n) is 30.2. The fourth-order valence-electron chi connectivity index (χ4n) is 5.19. The van der Waals surface area contributed by atoms with Crippen LogP contribution in [-0.2, 0) is 33.3 Å². The highest BCUT2D eigenvalue weighted by Crippen LogP contribution is 2.43. The predicted octanol–water partition coefficient (Wildman–Crippen LogP) is 11.3. The summed E-state index contributed by atoms with van der Waals surface area (Å²) < 4.78 is 69.3. The number of esters is 1. The Morgan fingerprint density at radius 2 is 1.60 bits per heavy atom. The minimum Gasteiger partial charge on any atom is -0.482 e. The molecule has 5 rings (SSSR count). The van der Waals surface area contributed by atoms with Gasteiger partial charge in [0, 0.05) is 36.1 Å². The first-order valence-corrected chi connectivity index (χ1v) is 19.4. The maximum absolute atomic E-state index is 14.5. The molecule has 55 heavy (non-hydrogen) atoms. The zero-order valence-corrected chi connectivity index (χ0v) is 33.5. The fraction of sp³-hybridized carbons (Fsp3) is 0.275. The van der Waals surface area contributed by atoms with Gasteiger partial charge in [0.05, 0.1) is 17.9 Å². The topological polar surface area (TPSA) is 95.0 Å². The van der Waals surface area contributed by atoms with Crippen LogP contribution < -0.4 is 9.47 Å². The number of benzene rings is 4. The van der Waals surface area contributed by atoms with Crippen LogP contribution in [0.4, 0.5) is 17.6 Å². The Labute approximate surface area is 335 Å². The van der Waals surface area contributed by atoms with Crippen LogP contribution in [-0.4, -0.2) is 41.8 Å². The highest BCUT2D eigenvalue weighted by Gasteiger charge is 2.30. The van der Waals surface area contributed by atoms with E-state index in [0.29, 0.717) is 45.5 Å². The van der Waals surface area contributed by atoms with Crippen molar-refractivity contribution in [2.45, 2.75) is 61.8 Å². The lowest BCUT2D eigenvalue weighted by molar-refractivity contribution is -0.145. The van der Waals surface area contributed by atoms with E-state index >= 15 is 0 Å². The van der Waals surface area contributed by atoms with E-state index in [4.69, 9.17) is 35.9 Å². The second-order valence-electron chi connectivity index (χ2n) is 12.0. The summed E-state index contributed by atoms with van der Waals surface area (Å²) in [7, 11) is 0. The number of thiol groups is 1. The van der Waals surface area contributed by atoms with Crippen molar-refractivity contribution in [3.8, 4) is 22.1 Å². The molecule has 1 heterocycles. The standard InChI is InChI=1S/C31H28ClF4NO3S2.C9H10O3S/c1-4-39-28(38)17-40-27-15-12-22(16-18(27)2)41-19(3)29-26(14-13-23-24(32)6-5-7-25(23)33)37-30(42-29)20-8-10-21(11-9-20)31(34,35)36;1-6-4-7(13)2-3-8(6)12-5-9(10)11/h5-12,15-16,19H,4,13-14,17H2,1-3H3;2-4,13H,5H2,1H3,(H,10,11). The average molecular weight is 836 g/mol. The third-order valence-electron chi connectivity index (χ3n) is 7.85. The van der Waals surface area contributed by atoms with Gasteiger partial charge in [0.1, 0.15) is 22.3 Å². The summed E-state index contributed by atoms with van der Waals surface area (Å²) in [6.07, 6.45) is -3.71. The molecule has 1 unspecified atom stereocenters. The van der Waals surface area contributed by atoms with Crippen molar-refractivity contribution in [3.05, 3.63) is 123 Å². The van der Waals surface area contributed by atoms with Gasteiger partial charge in [-0.15, -0.1) is 35.7 Å². The molecule has 0 fully saturated rings. The molecule has 1 N–H and O–H groups in total. The second kappa shape index (κ2) is 20.1. The first-order valence-electron chi connectivity index (χ1n) is 16.9. The Kier molecular flexibility index (Phi) is 15.9. The van der Waals surface area contributed by atoms with E-state index < -0.39 is 29.5 Å². The molecule has 7 nitrogen and oxygen atoms in total. The molecule has 15 heteroatoms. The van der Waals surface area contributed by atoms with Crippen molar-refractivity contribution in [2.75, 3.05) is 19.8 Å². The van der Waals surface area contributed by atoms with Gasteiger partial charge in [0.25, 0.3) is 0 Å². The number of hydrogen-bond acceptors (Lipinski definition) is 9. The highest BCUT2D eigenvalue weighted by atomic mass is 35.5. The zero-order chi connectivity index (χ0) is 40.3. The number of aromatic nitrogens is 1. The van der Waals surface area contributed by atoms with Crippen LogP contribution in [0, 0.1) is 19.7 Å². The maximum Gasteiger partial charge on any atom is 0.416 e. The number of halogens is 5. The van der Waals surface area contributed by atoms with Crippen LogP contribution in [0.5, 0.6) is 11.5 Å². The van der Waals surface area contributed by atoms with Crippen molar-refractivity contribution < 1.29 is 46.5 Å². The van der Waals surface area contributed by atoms with Crippen LogP contribution in [0.25, 0.3) is 10.6 Å². The van der Waals surface area contributed by atoms with Gasteiger partial charge in [-0.3, -0.25) is 0 Å². The largest absolute Gasteiger partial charge is 0.482 e. The Bertz CT molecular complexity index is 2070. The van der Waals surface area contributed by atoms with E-state index in [1.165, 1.54) is 29.5 Å². The van der Waals surface area contributed by atoms with Gasteiger partial charge in [-0.05, 0) is 112 Å². The molecule has 0 aliphatic heterocycles. The number of carboxylic acid groups (broad SMARTS) is 1. The number of aryl methyl sites for hydroxylation is 3. The molecule has 0 aliphatic rings. The number of aliphatic carboxylic acids is 1. The maximum atomic E-state index is 14.5. The number of alkyl halides is 3. The molecule has 0 saturated carbocycles. The number of carbonyl (C=O) groups is 2. The first-order chi connectivity index (χ1) is 26.0. The quantitative estimate of drug-likeness (QED) is 0.0494. The summed E-state index contributed by atoms with van der Waals surface area (Å²) in [5.74, 6) is -0.660. The molecule has 1 atom stereocenters. The molecule has 4 aromatic carbocycles. The Hall–Kier alpha value is -4.24. The molecule has 5 aromatic rings. The lowest BCUT2D eigenvalue weighted by Crippen LogP contribution is -2.14. The average Bonchev–Trinajstić information content (AvgIpc) is 3.55. The molecule has 0 aliphatic carbocycles. The van der Waals surface area contributed by atoms with E-state index in [9.17, 15) is 27.2 Å². The Morgan fingerprint density at radius 3 is 2.20 bits per heavy atom. The van der Waals surface area contributed by atoms with Crippen LogP contribution in [0.3, 0.4) is 0 Å². The molecule has 1 aromatic heterocycles. The summed E-state index contributed by atoms with van der Waals surface area (Å²) in [6.45, 7) is 7.27. The van der Waals surface area contributed by atoms with Crippen molar-refractivity contribution in [1.82, 2.24) is 4.98 Å². The first kappa shape index (κ1) is 43.5. The third-order valence-corrected chi connectivity index (χ3v) is 11.1. The summed E-state index contributed by atoms with van der Waals surface area (Å²) >= 11 is 13.4. The van der Waals surface area contributed by atoms with Gasteiger partial charge in [0.2, 0.25) is 0 Å². The predicted molar refractivity (Wildman–Crippen MR) is 211 cm³/mol. The number of carbonyl (C=O) groups excluding carboxylic acids is 1. The minimum atomic E-state index is -4.43. The van der Waals surface area contributed by atoms with Crippen molar-refractivity contribution >= 4 is 59.3 Å². The molecule has 0 amide bonds. The summed E-state index contributed by atoms with van der Waals surface area (Å²) in [5, 5.41) is 9.21. The van der Waals surface area contributed by atoms with Crippen molar-refractivity contribution in [2.24, 2.45) is 0 Å². The monoisotopic (exact) mass is 835 g/mol. The Balaban J connectivity index is 0.000000437. The van der Waals surface area contributed by atoms with Gasteiger partial charge >= 0.3 is 18.1 Å². The summed E-state index contributed by atoms with van der Waals surface area (Å²) in [5.41, 5.74) is 2.70. The van der Waals surface area contributed by atoms with Gasteiger partial charge in [-0.2, -0.15) is 13.2 Å². The van der Waals surface area contributed by atoms with Crippen molar-refractivity contribution in [1.29, 1.82) is 0 Å². The number of rotatable bonds is 14. The van der Waals surface area contributed by atoms with Crippen LogP contribution >= 0.6 is 47.3 Å². The van der Waals surface area contributed by atoms with Gasteiger partial charge in [0.15, 0.2) is 13.2 Å². The van der Waals surface area contributed by atoms with Gasteiger partial charge < -0.3 is 19.3 Å². The third kappa shape index (κ3) is 12.9. The van der Waals surface area contributed by atoms with Gasteiger partial charge in [-0.1, -0.05) is 29.8 Å². The number of thiazole rings is 1. The van der Waals surface area contributed by atoms with Crippen LogP contribution in [0.15, 0.2) is 88.7 Å². The number of nitrogens with zero attached hydrogens (tertiary/aromatic N) is 1. The SMILES string of the molecule is CCOC(=O)COc1ccc(SC(C)c2sc(-c3ccc(C(F)(F)F)cc3)nc2CCc2c(F)cccc2Cl)cc1C.Cc1cc(S)ccc1OCC(=O)O. The highest BCUT2D eigenvalue weighted by molar-refractivity contribution is 7.99. The normalized spacial score (nSPS) is 11.7. The number of thioether (sulfide) groups is 1. The molecular weight excluding hydrogens is 798 g/mol. The molecular formula is C40H38ClF4NO6S3. The van der Waals surface area contributed by atoms with E-state index in [-0.39, 0.29) is 25.1 Å². The smallest absolute Gasteiger partial charge is 0.416 e. The number of hydrogen-bond donors (Lipinski definition) is 2. The van der Waals surface area contributed by atoms with E-state index in [2.05, 4.69) is 12.6 Å². The fourth-order valence-corrected chi connectivity index (χ4v) is 8.10. The van der Waals surface area contributed by atoms with E-state index in [1.807, 2.05) is 39.0 Å².